The van der Waals surface area contributed by atoms with Gasteiger partial charge in [-0.3, -0.25) is 4.79 Å². The Kier molecular flexibility index (Phi) is 5.23. The van der Waals surface area contributed by atoms with Gasteiger partial charge >= 0.3 is 0 Å². The van der Waals surface area contributed by atoms with E-state index < -0.39 is 0 Å². The van der Waals surface area contributed by atoms with E-state index in [1.165, 1.54) is 19.3 Å². The molecule has 116 valence electrons. The topological polar surface area (TPSA) is 64.3 Å². The largest absolute Gasteiger partial charge is 0.484 e. The molecule has 1 aliphatic carbocycles. The second-order valence-corrected chi connectivity index (χ2v) is 6.49. The molecule has 1 aromatic rings. The van der Waals surface area contributed by atoms with E-state index >= 15 is 0 Å². The van der Waals surface area contributed by atoms with Gasteiger partial charge in [-0.05, 0) is 36.0 Å². The van der Waals surface area contributed by atoms with Crippen molar-refractivity contribution in [1.29, 1.82) is 0 Å². The highest BCUT2D eigenvalue weighted by atomic mass is 16.5. The molecule has 0 aromatic heterocycles. The van der Waals surface area contributed by atoms with E-state index in [9.17, 15) is 4.79 Å². The predicted molar refractivity (Wildman–Crippen MR) is 84.0 cm³/mol. The van der Waals surface area contributed by atoms with Crippen LogP contribution < -0.4 is 15.8 Å². The van der Waals surface area contributed by atoms with E-state index in [1.54, 1.807) is 0 Å². The summed E-state index contributed by atoms with van der Waals surface area (Å²) in [7, 11) is 0. The van der Waals surface area contributed by atoms with Gasteiger partial charge in [-0.25, -0.2) is 0 Å². The summed E-state index contributed by atoms with van der Waals surface area (Å²) in [5.74, 6) is 0.656. The molecule has 1 unspecified atom stereocenters. The fourth-order valence-electron chi connectivity index (χ4n) is 2.87. The standard InChI is InChI=1S/C17H26N2O2/c1-17(2)10-4-3-5-15(17)19-16(20)12-21-14-8-6-13(11-18)7-9-14/h6-9,15H,3-5,10-12,18H2,1-2H3,(H,19,20). The van der Waals surface area contributed by atoms with Crippen molar-refractivity contribution in [3.63, 3.8) is 0 Å². The third-order valence-electron chi connectivity index (χ3n) is 4.37. The summed E-state index contributed by atoms with van der Waals surface area (Å²) in [5.41, 5.74) is 6.78. The maximum absolute atomic E-state index is 12.0. The van der Waals surface area contributed by atoms with Crippen LogP contribution >= 0.6 is 0 Å². The second-order valence-electron chi connectivity index (χ2n) is 6.49. The predicted octanol–water partition coefficient (Wildman–Crippen LogP) is 2.61. The Bertz CT molecular complexity index is 468. The minimum Gasteiger partial charge on any atom is -0.484 e. The first-order valence-electron chi connectivity index (χ1n) is 7.72. The Labute approximate surface area is 127 Å². The summed E-state index contributed by atoms with van der Waals surface area (Å²) in [6, 6.07) is 7.77. The van der Waals surface area contributed by atoms with Gasteiger partial charge in [-0.15, -0.1) is 0 Å². The molecule has 4 heteroatoms. The fourth-order valence-corrected chi connectivity index (χ4v) is 2.87. The zero-order valence-corrected chi connectivity index (χ0v) is 13.0. The van der Waals surface area contributed by atoms with Crippen molar-refractivity contribution < 1.29 is 9.53 Å². The maximum Gasteiger partial charge on any atom is 0.258 e. The van der Waals surface area contributed by atoms with Crippen molar-refractivity contribution in [1.82, 2.24) is 5.32 Å². The number of amides is 1. The molecule has 1 fully saturated rings. The van der Waals surface area contributed by atoms with E-state index in [2.05, 4.69) is 19.2 Å². The van der Waals surface area contributed by atoms with Gasteiger partial charge in [0.15, 0.2) is 6.61 Å². The minimum absolute atomic E-state index is 0.0436. The summed E-state index contributed by atoms with van der Waals surface area (Å²) < 4.78 is 5.52. The van der Waals surface area contributed by atoms with Crippen molar-refractivity contribution in [3.05, 3.63) is 29.8 Å². The second kappa shape index (κ2) is 6.94. The van der Waals surface area contributed by atoms with Gasteiger partial charge in [0.05, 0.1) is 0 Å². The third kappa shape index (κ3) is 4.46. The summed E-state index contributed by atoms with van der Waals surface area (Å²) >= 11 is 0. The van der Waals surface area contributed by atoms with Crippen molar-refractivity contribution >= 4 is 5.91 Å². The van der Waals surface area contributed by atoms with Crippen molar-refractivity contribution in [3.8, 4) is 5.75 Å². The van der Waals surface area contributed by atoms with Gasteiger partial charge < -0.3 is 15.8 Å². The fraction of sp³-hybridized carbons (Fsp3) is 0.588. The first-order valence-corrected chi connectivity index (χ1v) is 7.72. The molecule has 2 rings (SSSR count). The Morgan fingerprint density at radius 3 is 2.67 bits per heavy atom. The minimum atomic E-state index is -0.0436. The molecule has 1 saturated carbocycles. The average molecular weight is 290 g/mol. The molecular formula is C17H26N2O2. The number of rotatable bonds is 5. The van der Waals surface area contributed by atoms with Crippen LogP contribution in [0.5, 0.6) is 5.75 Å². The van der Waals surface area contributed by atoms with Crippen LogP contribution in [0.2, 0.25) is 0 Å². The van der Waals surface area contributed by atoms with Crippen LogP contribution in [0, 0.1) is 5.41 Å². The number of ether oxygens (including phenoxy) is 1. The maximum atomic E-state index is 12.0. The molecule has 0 radical (unpaired) electrons. The Morgan fingerprint density at radius 1 is 1.33 bits per heavy atom. The summed E-state index contributed by atoms with van der Waals surface area (Å²) in [5, 5.41) is 3.12. The number of hydrogen-bond acceptors (Lipinski definition) is 3. The van der Waals surface area contributed by atoms with Crippen LogP contribution in [0.1, 0.15) is 45.1 Å². The lowest BCUT2D eigenvalue weighted by Gasteiger charge is -2.39. The summed E-state index contributed by atoms with van der Waals surface area (Å²) in [6.07, 6.45) is 4.67. The number of benzene rings is 1. The molecule has 0 heterocycles. The van der Waals surface area contributed by atoms with E-state index in [0.717, 1.165) is 12.0 Å². The van der Waals surface area contributed by atoms with E-state index in [1.807, 2.05) is 24.3 Å². The highest BCUT2D eigenvalue weighted by Gasteiger charge is 2.33. The number of nitrogens with one attached hydrogen (secondary N) is 1. The van der Waals surface area contributed by atoms with E-state index in [-0.39, 0.29) is 24.0 Å². The number of hydrogen-bond donors (Lipinski definition) is 2. The Balaban J connectivity index is 1.81. The quantitative estimate of drug-likeness (QED) is 0.876. The summed E-state index contributed by atoms with van der Waals surface area (Å²) in [6.45, 7) is 5.03. The molecule has 4 nitrogen and oxygen atoms in total. The molecule has 21 heavy (non-hydrogen) atoms. The number of carbonyl (C=O) groups is 1. The van der Waals surface area contributed by atoms with Gasteiger partial charge in [0.25, 0.3) is 5.91 Å². The van der Waals surface area contributed by atoms with Crippen LogP contribution in [0.4, 0.5) is 0 Å². The van der Waals surface area contributed by atoms with Crippen LogP contribution in [0.25, 0.3) is 0 Å². The number of nitrogens with two attached hydrogens (primary N) is 1. The van der Waals surface area contributed by atoms with Crippen molar-refractivity contribution in [2.24, 2.45) is 11.1 Å². The molecule has 1 aliphatic rings. The Morgan fingerprint density at radius 2 is 2.05 bits per heavy atom. The third-order valence-corrected chi connectivity index (χ3v) is 4.37. The normalized spacial score (nSPS) is 20.8. The average Bonchev–Trinajstić information content (AvgIpc) is 2.48. The van der Waals surface area contributed by atoms with Crippen molar-refractivity contribution in [2.45, 2.75) is 52.1 Å². The monoisotopic (exact) mass is 290 g/mol. The molecular weight excluding hydrogens is 264 g/mol. The molecule has 1 aromatic carbocycles. The zero-order chi connectivity index (χ0) is 15.3. The highest BCUT2D eigenvalue weighted by molar-refractivity contribution is 5.78. The first kappa shape index (κ1) is 15.8. The van der Waals surface area contributed by atoms with Crippen molar-refractivity contribution in [2.75, 3.05) is 6.61 Å². The van der Waals surface area contributed by atoms with Gasteiger partial charge in [-0.1, -0.05) is 38.8 Å². The lowest BCUT2D eigenvalue weighted by atomic mass is 9.73. The van der Waals surface area contributed by atoms with E-state index in [4.69, 9.17) is 10.5 Å². The summed E-state index contributed by atoms with van der Waals surface area (Å²) in [4.78, 5) is 12.0. The molecule has 0 bridgehead atoms. The van der Waals surface area contributed by atoms with Gasteiger partial charge in [0, 0.05) is 12.6 Å². The lowest BCUT2D eigenvalue weighted by Crippen LogP contribution is -2.48. The highest BCUT2D eigenvalue weighted by Crippen LogP contribution is 2.35. The molecule has 3 N–H and O–H groups in total. The first-order chi connectivity index (χ1) is 10.0. The van der Waals surface area contributed by atoms with Gasteiger partial charge in [0.1, 0.15) is 5.75 Å². The van der Waals surface area contributed by atoms with E-state index in [0.29, 0.717) is 12.3 Å². The Hall–Kier alpha value is -1.55. The molecule has 0 spiro atoms. The molecule has 1 atom stereocenters. The number of carbonyl (C=O) groups excluding carboxylic acids is 1. The van der Waals surface area contributed by atoms with Crippen LogP contribution in [0.15, 0.2) is 24.3 Å². The molecule has 1 amide bonds. The van der Waals surface area contributed by atoms with Crippen LogP contribution in [-0.2, 0) is 11.3 Å². The smallest absolute Gasteiger partial charge is 0.258 e. The molecule has 0 aliphatic heterocycles. The van der Waals surface area contributed by atoms with Gasteiger partial charge in [0.2, 0.25) is 0 Å². The lowest BCUT2D eigenvalue weighted by molar-refractivity contribution is -0.125. The van der Waals surface area contributed by atoms with Crippen LogP contribution in [0.3, 0.4) is 0 Å². The SMILES string of the molecule is CC1(C)CCCCC1NC(=O)COc1ccc(CN)cc1. The van der Waals surface area contributed by atoms with Crippen LogP contribution in [-0.4, -0.2) is 18.6 Å². The zero-order valence-electron chi connectivity index (χ0n) is 13.0. The molecule has 0 saturated heterocycles. The van der Waals surface area contributed by atoms with Gasteiger partial charge in [-0.2, -0.15) is 0 Å².